The van der Waals surface area contributed by atoms with Crippen molar-refractivity contribution < 1.29 is 13.2 Å². The smallest absolute Gasteiger partial charge is 0.253 e. The second-order valence-corrected chi connectivity index (χ2v) is 7.38. The maximum atomic E-state index is 12.3. The number of sulfonamides is 1. The van der Waals surface area contributed by atoms with Crippen molar-refractivity contribution in [3.05, 3.63) is 64.7 Å². The Hall–Kier alpha value is -1.89. The van der Waals surface area contributed by atoms with E-state index in [4.69, 9.17) is 11.6 Å². The highest BCUT2D eigenvalue weighted by Gasteiger charge is 2.15. The molecule has 0 saturated carbocycles. The first kappa shape index (κ1) is 17.5. The number of carbonyl (C=O) groups is 1. The van der Waals surface area contributed by atoms with E-state index in [0.29, 0.717) is 10.6 Å². The Kier molecular flexibility index (Phi) is 5.41. The Morgan fingerprint density at radius 1 is 1.04 bits per heavy atom. The molecule has 0 bridgehead atoms. The number of rotatable bonds is 5. The van der Waals surface area contributed by atoms with Crippen LogP contribution in [-0.2, 0) is 16.6 Å². The van der Waals surface area contributed by atoms with Crippen LogP contribution in [0.25, 0.3) is 0 Å². The highest BCUT2D eigenvalue weighted by atomic mass is 35.5. The van der Waals surface area contributed by atoms with Crippen molar-refractivity contribution in [1.29, 1.82) is 0 Å². The van der Waals surface area contributed by atoms with Gasteiger partial charge in [-0.2, -0.15) is 0 Å². The number of benzene rings is 2. The van der Waals surface area contributed by atoms with E-state index in [1.165, 1.54) is 29.2 Å². The number of hydrogen-bond donors (Lipinski definition) is 1. The molecule has 0 aliphatic heterocycles. The first-order chi connectivity index (χ1) is 10.8. The molecule has 2 aromatic carbocycles. The van der Waals surface area contributed by atoms with Gasteiger partial charge in [-0.15, -0.1) is 0 Å². The molecular formula is C16H17ClN2O3S. The standard InChI is InChI=1S/C16H17ClN2O3S/c1-19(2)16(20)13-5-9-15(10-6-13)23(21,22)18-11-12-3-7-14(17)8-4-12/h3-10,18H,11H2,1-2H3. The molecule has 0 fully saturated rings. The fourth-order valence-corrected chi connectivity index (χ4v) is 3.04. The van der Waals surface area contributed by atoms with Gasteiger partial charge in [0.1, 0.15) is 0 Å². The third-order valence-electron chi connectivity index (χ3n) is 3.20. The summed E-state index contributed by atoms with van der Waals surface area (Å²) >= 11 is 5.79. The molecule has 2 rings (SSSR count). The lowest BCUT2D eigenvalue weighted by Gasteiger charge is -2.11. The van der Waals surface area contributed by atoms with Crippen LogP contribution in [0.15, 0.2) is 53.4 Å². The van der Waals surface area contributed by atoms with E-state index < -0.39 is 10.0 Å². The number of nitrogens with zero attached hydrogens (tertiary/aromatic N) is 1. The quantitative estimate of drug-likeness (QED) is 0.899. The zero-order chi connectivity index (χ0) is 17.0. The Bertz CT molecular complexity index is 785. The summed E-state index contributed by atoms with van der Waals surface area (Å²) in [4.78, 5) is 13.3. The number of halogens is 1. The fourth-order valence-electron chi connectivity index (χ4n) is 1.90. The molecule has 2 aromatic rings. The Labute approximate surface area is 140 Å². The number of nitrogens with one attached hydrogen (secondary N) is 1. The van der Waals surface area contributed by atoms with E-state index in [1.54, 1.807) is 38.4 Å². The van der Waals surface area contributed by atoms with Gasteiger partial charge in [0.25, 0.3) is 5.91 Å². The summed E-state index contributed by atoms with van der Waals surface area (Å²) in [5.74, 6) is -0.178. The largest absolute Gasteiger partial charge is 0.345 e. The summed E-state index contributed by atoms with van der Waals surface area (Å²) < 4.78 is 27.0. The topological polar surface area (TPSA) is 66.5 Å². The van der Waals surface area contributed by atoms with E-state index in [-0.39, 0.29) is 17.3 Å². The summed E-state index contributed by atoms with van der Waals surface area (Å²) in [5, 5.41) is 0.595. The van der Waals surface area contributed by atoms with E-state index in [9.17, 15) is 13.2 Å². The van der Waals surface area contributed by atoms with Crippen molar-refractivity contribution in [2.45, 2.75) is 11.4 Å². The van der Waals surface area contributed by atoms with E-state index in [1.807, 2.05) is 0 Å². The number of amides is 1. The van der Waals surface area contributed by atoms with Crippen LogP contribution in [0, 0.1) is 0 Å². The molecule has 0 radical (unpaired) electrons. The van der Waals surface area contributed by atoms with E-state index >= 15 is 0 Å². The molecule has 0 spiro atoms. The molecule has 0 unspecified atom stereocenters. The van der Waals surface area contributed by atoms with Gasteiger partial charge in [0.15, 0.2) is 0 Å². The predicted molar refractivity (Wildman–Crippen MR) is 89.9 cm³/mol. The fraction of sp³-hybridized carbons (Fsp3) is 0.188. The van der Waals surface area contributed by atoms with Crippen molar-refractivity contribution in [2.75, 3.05) is 14.1 Å². The molecule has 1 amide bonds. The highest BCUT2D eigenvalue weighted by molar-refractivity contribution is 7.89. The van der Waals surface area contributed by atoms with Crippen molar-refractivity contribution in [3.8, 4) is 0 Å². The molecule has 23 heavy (non-hydrogen) atoms. The Morgan fingerprint density at radius 2 is 1.61 bits per heavy atom. The summed E-state index contributed by atoms with van der Waals surface area (Å²) in [5.41, 5.74) is 1.24. The molecule has 0 saturated heterocycles. The minimum Gasteiger partial charge on any atom is -0.345 e. The van der Waals surface area contributed by atoms with Crippen molar-refractivity contribution in [2.24, 2.45) is 0 Å². The van der Waals surface area contributed by atoms with Crippen LogP contribution >= 0.6 is 11.6 Å². The molecule has 5 nitrogen and oxygen atoms in total. The average Bonchev–Trinajstić information content (AvgIpc) is 2.53. The first-order valence-corrected chi connectivity index (χ1v) is 8.71. The van der Waals surface area contributed by atoms with Crippen LogP contribution in [0.4, 0.5) is 0 Å². The molecule has 0 aliphatic rings. The lowest BCUT2D eigenvalue weighted by Crippen LogP contribution is -2.24. The van der Waals surface area contributed by atoms with Crippen molar-refractivity contribution >= 4 is 27.5 Å². The van der Waals surface area contributed by atoms with Gasteiger partial charge in [-0.3, -0.25) is 4.79 Å². The summed E-state index contributed by atoms with van der Waals surface area (Å²) in [7, 11) is -0.360. The highest BCUT2D eigenvalue weighted by Crippen LogP contribution is 2.13. The van der Waals surface area contributed by atoms with Gasteiger partial charge in [-0.1, -0.05) is 23.7 Å². The maximum Gasteiger partial charge on any atom is 0.253 e. The lowest BCUT2D eigenvalue weighted by atomic mass is 10.2. The minimum atomic E-state index is -3.64. The second-order valence-electron chi connectivity index (χ2n) is 5.17. The molecule has 0 aromatic heterocycles. The van der Waals surface area contributed by atoms with Gasteiger partial charge in [0, 0.05) is 31.2 Å². The van der Waals surface area contributed by atoms with E-state index in [2.05, 4.69) is 4.72 Å². The molecule has 1 N–H and O–H groups in total. The summed E-state index contributed by atoms with van der Waals surface area (Å²) in [6.07, 6.45) is 0. The molecule has 0 atom stereocenters. The van der Waals surface area contributed by atoms with Gasteiger partial charge in [0.05, 0.1) is 4.90 Å². The SMILES string of the molecule is CN(C)C(=O)c1ccc(S(=O)(=O)NCc2ccc(Cl)cc2)cc1. The zero-order valence-corrected chi connectivity index (χ0v) is 14.4. The Morgan fingerprint density at radius 3 is 2.13 bits per heavy atom. The predicted octanol–water partition coefficient (Wildman–Crippen LogP) is 2.52. The minimum absolute atomic E-state index is 0.113. The van der Waals surface area contributed by atoms with Gasteiger partial charge in [-0.05, 0) is 42.0 Å². The van der Waals surface area contributed by atoms with E-state index in [0.717, 1.165) is 5.56 Å². The average molecular weight is 353 g/mol. The molecule has 7 heteroatoms. The van der Waals surface area contributed by atoms with Crippen LogP contribution in [0.3, 0.4) is 0 Å². The van der Waals surface area contributed by atoms with Crippen molar-refractivity contribution in [3.63, 3.8) is 0 Å². The normalized spacial score (nSPS) is 11.3. The number of carbonyl (C=O) groups excluding carboxylic acids is 1. The molecule has 0 heterocycles. The third kappa shape index (κ3) is 4.54. The van der Waals surface area contributed by atoms with Gasteiger partial charge < -0.3 is 4.90 Å². The lowest BCUT2D eigenvalue weighted by molar-refractivity contribution is 0.0827. The van der Waals surface area contributed by atoms with Crippen LogP contribution in [0.5, 0.6) is 0 Å². The van der Waals surface area contributed by atoms with Crippen molar-refractivity contribution in [1.82, 2.24) is 9.62 Å². The van der Waals surface area contributed by atoms with Gasteiger partial charge in [-0.25, -0.2) is 13.1 Å². The van der Waals surface area contributed by atoms with Crippen LogP contribution < -0.4 is 4.72 Å². The third-order valence-corrected chi connectivity index (χ3v) is 4.87. The maximum absolute atomic E-state index is 12.3. The second kappa shape index (κ2) is 7.12. The zero-order valence-electron chi connectivity index (χ0n) is 12.8. The number of hydrogen-bond acceptors (Lipinski definition) is 3. The van der Waals surface area contributed by atoms with Gasteiger partial charge >= 0.3 is 0 Å². The van der Waals surface area contributed by atoms with Crippen LogP contribution in [-0.4, -0.2) is 33.3 Å². The summed E-state index contributed by atoms with van der Waals surface area (Å²) in [6, 6.07) is 12.7. The Balaban J connectivity index is 2.10. The first-order valence-electron chi connectivity index (χ1n) is 6.85. The van der Waals surface area contributed by atoms with Gasteiger partial charge in [0.2, 0.25) is 10.0 Å². The molecule has 122 valence electrons. The summed E-state index contributed by atoms with van der Waals surface area (Å²) in [6.45, 7) is 0.165. The van der Waals surface area contributed by atoms with Crippen LogP contribution in [0.1, 0.15) is 15.9 Å². The monoisotopic (exact) mass is 352 g/mol. The molecular weight excluding hydrogens is 336 g/mol. The molecule has 0 aliphatic carbocycles. The van der Waals surface area contributed by atoms with Crippen LogP contribution in [0.2, 0.25) is 5.02 Å².